The lowest BCUT2D eigenvalue weighted by Crippen LogP contribution is -1.89. The highest BCUT2D eigenvalue weighted by molar-refractivity contribution is 9.10. The fourth-order valence-corrected chi connectivity index (χ4v) is 2.90. The third-order valence-electron chi connectivity index (χ3n) is 3.25. The molecule has 0 unspecified atom stereocenters. The Morgan fingerprint density at radius 3 is 2.63 bits per heavy atom. The standard InChI is InChI=1S/C15H14BrN3/c1-8-6-11(17)3-4-12(8)15-18-13-7-10(16)5-9(2)14(13)19-15/h3-7H,17H2,1-2H3,(H,18,19). The number of imidazole rings is 1. The number of nitrogens with one attached hydrogen (secondary N) is 1. The second-order valence-electron chi connectivity index (χ2n) is 4.78. The van der Waals surface area contributed by atoms with Crippen molar-refractivity contribution in [3.05, 3.63) is 45.9 Å². The molecular formula is C15H14BrN3. The lowest BCUT2D eigenvalue weighted by molar-refractivity contribution is 1.30. The van der Waals surface area contributed by atoms with E-state index < -0.39 is 0 Å². The summed E-state index contributed by atoms with van der Waals surface area (Å²) in [4.78, 5) is 8.07. The number of anilines is 1. The van der Waals surface area contributed by atoms with Gasteiger partial charge in [0.1, 0.15) is 5.82 Å². The van der Waals surface area contributed by atoms with Crippen molar-refractivity contribution < 1.29 is 0 Å². The van der Waals surface area contributed by atoms with Crippen LogP contribution >= 0.6 is 15.9 Å². The number of nitrogens with zero attached hydrogens (tertiary/aromatic N) is 1. The van der Waals surface area contributed by atoms with Gasteiger partial charge in [0, 0.05) is 15.7 Å². The number of hydrogen-bond acceptors (Lipinski definition) is 2. The van der Waals surface area contributed by atoms with E-state index in [0.717, 1.165) is 43.7 Å². The maximum atomic E-state index is 5.79. The number of aryl methyl sites for hydroxylation is 2. The lowest BCUT2D eigenvalue weighted by atomic mass is 10.1. The number of benzene rings is 2. The third-order valence-corrected chi connectivity index (χ3v) is 3.71. The van der Waals surface area contributed by atoms with Crippen LogP contribution in [0.5, 0.6) is 0 Å². The van der Waals surface area contributed by atoms with Gasteiger partial charge in [0.2, 0.25) is 0 Å². The molecule has 0 aliphatic heterocycles. The van der Waals surface area contributed by atoms with Crippen LogP contribution in [0.25, 0.3) is 22.4 Å². The van der Waals surface area contributed by atoms with E-state index in [1.165, 1.54) is 0 Å². The number of aromatic nitrogens is 2. The first-order chi connectivity index (χ1) is 9.04. The van der Waals surface area contributed by atoms with Crippen molar-refractivity contribution in [3.8, 4) is 11.4 Å². The summed E-state index contributed by atoms with van der Waals surface area (Å²) in [7, 11) is 0. The van der Waals surface area contributed by atoms with Crippen LogP contribution < -0.4 is 5.73 Å². The molecule has 96 valence electrons. The minimum atomic E-state index is 0.774. The zero-order valence-electron chi connectivity index (χ0n) is 10.8. The minimum absolute atomic E-state index is 0.774. The van der Waals surface area contributed by atoms with Gasteiger partial charge in [-0.2, -0.15) is 0 Å². The SMILES string of the molecule is Cc1cc(N)ccc1-c1nc2c(C)cc(Br)cc2[nH]1. The average molecular weight is 316 g/mol. The highest BCUT2D eigenvalue weighted by Crippen LogP contribution is 2.28. The van der Waals surface area contributed by atoms with E-state index in [4.69, 9.17) is 10.7 Å². The van der Waals surface area contributed by atoms with E-state index >= 15 is 0 Å². The van der Waals surface area contributed by atoms with Crippen molar-refractivity contribution >= 4 is 32.7 Å². The Hall–Kier alpha value is -1.81. The van der Waals surface area contributed by atoms with Crippen molar-refractivity contribution in [2.75, 3.05) is 5.73 Å². The number of H-pyrrole nitrogens is 1. The molecule has 0 aliphatic carbocycles. The van der Waals surface area contributed by atoms with Crippen LogP contribution in [-0.2, 0) is 0 Å². The van der Waals surface area contributed by atoms with E-state index in [9.17, 15) is 0 Å². The number of halogens is 1. The summed E-state index contributed by atoms with van der Waals surface area (Å²) >= 11 is 3.51. The Balaban J connectivity index is 2.23. The Kier molecular flexibility index (Phi) is 2.82. The van der Waals surface area contributed by atoms with Gasteiger partial charge in [0.15, 0.2) is 0 Å². The molecule has 19 heavy (non-hydrogen) atoms. The Morgan fingerprint density at radius 2 is 1.89 bits per heavy atom. The third kappa shape index (κ3) is 2.12. The van der Waals surface area contributed by atoms with Crippen molar-refractivity contribution in [2.45, 2.75) is 13.8 Å². The first kappa shape index (κ1) is 12.2. The molecule has 3 nitrogen and oxygen atoms in total. The molecule has 0 amide bonds. The average Bonchev–Trinajstić information content (AvgIpc) is 2.72. The first-order valence-corrected chi connectivity index (χ1v) is 6.86. The molecule has 0 saturated heterocycles. The van der Waals surface area contributed by atoms with Gasteiger partial charge in [-0.05, 0) is 55.3 Å². The molecule has 3 rings (SSSR count). The molecule has 0 fully saturated rings. The van der Waals surface area contributed by atoms with Gasteiger partial charge in [-0.3, -0.25) is 0 Å². The summed E-state index contributed by atoms with van der Waals surface area (Å²) in [6.07, 6.45) is 0. The van der Waals surface area contributed by atoms with Gasteiger partial charge in [0.25, 0.3) is 0 Å². The molecule has 3 aromatic rings. The largest absolute Gasteiger partial charge is 0.399 e. The highest BCUT2D eigenvalue weighted by atomic mass is 79.9. The number of aromatic amines is 1. The van der Waals surface area contributed by atoms with E-state index in [1.54, 1.807) is 0 Å². The fourth-order valence-electron chi connectivity index (χ4n) is 2.33. The maximum Gasteiger partial charge on any atom is 0.138 e. The van der Waals surface area contributed by atoms with Gasteiger partial charge < -0.3 is 10.7 Å². The molecule has 2 aromatic carbocycles. The van der Waals surface area contributed by atoms with Crippen LogP contribution in [0.3, 0.4) is 0 Å². The second-order valence-corrected chi connectivity index (χ2v) is 5.69. The van der Waals surface area contributed by atoms with Gasteiger partial charge in [-0.1, -0.05) is 15.9 Å². The summed E-state index contributed by atoms with van der Waals surface area (Å²) < 4.78 is 1.06. The normalized spacial score (nSPS) is 11.1. The predicted octanol–water partition coefficient (Wildman–Crippen LogP) is 4.19. The van der Waals surface area contributed by atoms with Crippen molar-refractivity contribution in [3.63, 3.8) is 0 Å². The highest BCUT2D eigenvalue weighted by Gasteiger charge is 2.10. The van der Waals surface area contributed by atoms with Crippen molar-refractivity contribution in [1.29, 1.82) is 0 Å². The van der Waals surface area contributed by atoms with Crippen LogP contribution in [0.1, 0.15) is 11.1 Å². The number of nitrogens with two attached hydrogens (primary N) is 1. The number of nitrogen functional groups attached to an aromatic ring is 1. The van der Waals surface area contributed by atoms with Crippen LogP contribution in [-0.4, -0.2) is 9.97 Å². The smallest absolute Gasteiger partial charge is 0.138 e. The molecule has 3 N–H and O–H groups in total. The summed E-state index contributed by atoms with van der Waals surface area (Å²) in [5.74, 6) is 0.883. The molecule has 0 radical (unpaired) electrons. The molecule has 1 aromatic heterocycles. The molecule has 0 spiro atoms. The van der Waals surface area contributed by atoms with Gasteiger partial charge in [0.05, 0.1) is 11.0 Å². The Bertz CT molecular complexity index is 774. The van der Waals surface area contributed by atoms with Gasteiger partial charge >= 0.3 is 0 Å². The maximum absolute atomic E-state index is 5.79. The van der Waals surface area contributed by atoms with Crippen LogP contribution in [0.15, 0.2) is 34.8 Å². The monoisotopic (exact) mass is 315 g/mol. The lowest BCUT2D eigenvalue weighted by Gasteiger charge is -2.03. The fraction of sp³-hybridized carbons (Fsp3) is 0.133. The van der Waals surface area contributed by atoms with Crippen molar-refractivity contribution in [1.82, 2.24) is 9.97 Å². The predicted molar refractivity (Wildman–Crippen MR) is 83.1 cm³/mol. The number of fused-ring (bicyclic) bond motifs is 1. The molecule has 4 heteroatoms. The van der Waals surface area contributed by atoms with Crippen LogP contribution in [0.2, 0.25) is 0 Å². The zero-order valence-corrected chi connectivity index (χ0v) is 12.4. The van der Waals surface area contributed by atoms with Crippen LogP contribution in [0.4, 0.5) is 5.69 Å². The molecule has 0 saturated carbocycles. The van der Waals surface area contributed by atoms with E-state index in [-0.39, 0.29) is 0 Å². The summed E-state index contributed by atoms with van der Waals surface area (Å²) in [6.45, 7) is 4.11. The van der Waals surface area contributed by atoms with E-state index in [1.807, 2.05) is 31.2 Å². The summed E-state index contributed by atoms with van der Waals surface area (Å²) in [6, 6.07) is 9.99. The molecule has 0 aliphatic rings. The second kappa shape index (κ2) is 4.38. The quantitative estimate of drug-likeness (QED) is 0.661. The number of hydrogen-bond donors (Lipinski definition) is 2. The van der Waals surface area contributed by atoms with E-state index in [2.05, 4.69) is 33.9 Å². The van der Waals surface area contributed by atoms with Gasteiger partial charge in [-0.25, -0.2) is 4.98 Å². The zero-order chi connectivity index (χ0) is 13.6. The molecular weight excluding hydrogens is 302 g/mol. The summed E-state index contributed by atoms with van der Waals surface area (Å²) in [5, 5.41) is 0. The minimum Gasteiger partial charge on any atom is -0.399 e. The van der Waals surface area contributed by atoms with Crippen molar-refractivity contribution in [2.24, 2.45) is 0 Å². The Morgan fingerprint density at radius 1 is 1.11 bits per heavy atom. The topological polar surface area (TPSA) is 54.7 Å². The Labute approximate surface area is 120 Å². The summed E-state index contributed by atoms with van der Waals surface area (Å²) in [5.41, 5.74) is 12.0. The number of rotatable bonds is 1. The molecule has 0 atom stereocenters. The molecule has 0 bridgehead atoms. The first-order valence-electron chi connectivity index (χ1n) is 6.07. The van der Waals surface area contributed by atoms with Crippen LogP contribution in [0, 0.1) is 13.8 Å². The van der Waals surface area contributed by atoms with Gasteiger partial charge in [-0.15, -0.1) is 0 Å². The van der Waals surface area contributed by atoms with E-state index in [0.29, 0.717) is 0 Å². The molecule has 1 heterocycles.